The molecule has 23 heavy (non-hydrogen) atoms. The summed E-state index contributed by atoms with van der Waals surface area (Å²) in [5.74, 6) is 0.614. The first kappa shape index (κ1) is 18.0. The number of carbonyl (C=O) groups excluding carboxylic acids is 1. The van der Waals surface area contributed by atoms with E-state index in [-0.39, 0.29) is 17.9 Å². The molecule has 1 aromatic heterocycles. The molecular weight excluding hydrogens is 314 g/mol. The largest absolute Gasteiger partial charge is 0.460 e. The summed E-state index contributed by atoms with van der Waals surface area (Å²) in [7, 11) is 0. The number of esters is 1. The monoisotopic (exact) mass is 339 g/mol. The Balaban J connectivity index is 1.89. The van der Waals surface area contributed by atoms with Crippen LogP contribution in [0.3, 0.4) is 0 Å². The predicted molar refractivity (Wildman–Crippen MR) is 91.6 cm³/mol. The summed E-state index contributed by atoms with van der Waals surface area (Å²) in [6, 6.07) is 0.283. The predicted octanol–water partition coefficient (Wildman–Crippen LogP) is 4.00. The maximum Gasteiger partial charge on any atom is 0.309 e. The molecule has 0 aliphatic heterocycles. The second-order valence-corrected chi connectivity index (χ2v) is 7.44. The molecule has 0 unspecified atom stereocenters. The molecule has 1 aliphatic carbocycles. The van der Waals surface area contributed by atoms with Gasteiger partial charge in [-0.1, -0.05) is 18.5 Å². The Bertz CT molecular complexity index is 549. The molecule has 1 fully saturated rings. The molecule has 2 rings (SSSR count). The topological polar surface area (TPSA) is 64.1 Å². The van der Waals surface area contributed by atoms with E-state index in [0.717, 1.165) is 37.8 Å². The van der Waals surface area contributed by atoms with Crippen molar-refractivity contribution in [2.24, 2.45) is 5.92 Å². The Labute approximate surface area is 143 Å². The quantitative estimate of drug-likeness (QED) is 0.840. The number of anilines is 1. The number of carbonyl (C=O) groups is 1. The molecule has 0 aromatic carbocycles. The van der Waals surface area contributed by atoms with E-state index >= 15 is 0 Å². The average Bonchev–Trinajstić information content (AvgIpc) is 2.48. The fourth-order valence-electron chi connectivity index (χ4n) is 2.81. The van der Waals surface area contributed by atoms with Gasteiger partial charge in [0.05, 0.1) is 11.6 Å². The third-order valence-electron chi connectivity index (χ3n) is 4.00. The van der Waals surface area contributed by atoms with Crippen LogP contribution >= 0.6 is 11.6 Å². The minimum atomic E-state index is -0.419. The molecule has 1 heterocycles. The standard InChI is InChI=1S/C17H26ClN3O2/c1-5-13-14(18)15(20-10-19-13)21-12-8-6-11(7-9-12)16(22)23-17(2,3)4/h10-12H,5-9H2,1-4H3,(H,19,20,21). The second kappa shape index (κ2) is 7.47. The van der Waals surface area contributed by atoms with Gasteiger partial charge in [0.2, 0.25) is 0 Å². The van der Waals surface area contributed by atoms with Crippen LogP contribution in [0.25, 0.3) is 0 Å². The molecule has 1 aliphatic rings. The molecule has 0 bridgehead atoms. The van der Waals surface area contributed by atoms with Crippen molar-refractivity contribution in [3.05, 3.63) is 17.0 Å². The highest BCUT2D eigenvalue weighted by molar-refractivity contribution is 6.33. The first-order valence-corrected chi connectivity index (χ1v) is 8.66. The van der Waals surface area contributed by atoms with Gasteiger partial charge in [0.25, 0.3) is 0 Å². The van der Waals surface area contributed by atoms with Crippen LogP contribution in [0.15, 0.2) is 6.33 Å². The van der Waals surface area contributed by atoms with Crippen LogP contribution in [0, 0.1) is 5.92 Å². The summed E-state index contributed by atoms with van der Waals surface area (Å²) in [5.41, 5.74) is 0.434. The van der Waals surface area contributed by atoms with Crippen molar-refractivity contribution in [1.82, 2.24) is 9.97 Å². The van der Waals surface area contributed by atoms with E-state index in [0.29, 0.717) is 10.8 Å². The zero-order valence-electron chi connectivity index (χ0n) is 14.4. The fourth-order valence-corrected chi connectivity index (χ4v) is 3.09. The minimum absolute atomic E-state index is 0.000603. The third-order valence-corrected chi connectivity index (χ3v) is 4.40. The fraction of sp³-hybridized carbons (Fsp3) is 0.706. The zero-order valence-corrected chi connectivity index (χ0v) is 15.1. The number of rotatable bonds is 4. The maximum atomic E-state index is 12.1. The SMILES string of the molecule is CCc1ncnc(NC2CCC(C(=O)OC(C)(C)C)CC2)c1Cl. The summed E-state index contributed by atoms with van der Waals surface area (Å²) in [5, 5.41) is 4.00. The van der Waals surface area contributed by atoms with Gasteiger partial charge in [0, 0.05) is 6.04 Å². The number of hydrogen-bond donors (Lipinski definition) is 1. The second-order valence-electron chi connectivity index (χ2n) is 7.06. The number of aryl methyl sites for hydroxylation is 1. The Morgan fingerprint density at radius 3 is 2.52 bits per heavy atom. The van der Waals surface area contributed by atoms with E-state index in [9.17, 15) is 4.79 Å². The minimum Gasteiger partial charge on any atom is -0.460 e. The van der Waals surface area contributed by atoms with Crippen molar-refractivity contribution in [3.8, 4) is 0 Å². The summed E-state index contributed by atoms with van der Waals surface area (Å²) < 4.78 is 5.48. The summed E-state index contributed by atoms with van der Waals surface area (Å²) in [4.78, 5) is 20.5. The Hall–Kier alpha value is -1.36. The van der Waals surface area contributed by atoms with Crippen LogP contribution in [0.5, 0.6) is 0 Å². The van der Waals surface area contributed by atoms with Crippen LogP contribution < -0.4 is 5.32 Å². The summed E-state index contributed by atoms with van der Waals surface area (Å²) in [6.07, 6.45) is 5.80. The highest BCUT2D eigenvalue weighted by Gasteiger charge is 2.30. The van der Waals surface area contributed by atoms with Crippen LogP contribution in [0.4, 0.5) is 5.82 Å². The van der Waals surface area contributed by atoms with Gasteiger partial charge < -0.3 is 10.1 Å². The van der Waals surface area contributed by atoms with Crippen LogP contribution in [0.2, 0.25) is 5.02 Å². The van der Waals surface area contributed by atoms with Crippen molar-refractivity contribution in [3.63, 3.8) is 0 Å². The molecule has 5 nitrogen and oxygen atoms in total. The number of hydrogen-bond acceptors (Lipinski definition) is 5. The lowest BCUT2D eigenvalue weighted by molar-refractivity contribution is -0.161. The van der Waals surface area contributed by atoms with E-state index < -0.39 is 5.60 Å². The van der Waals surface area contributed by atoms with Gasteiger partial charge in [-0.25, -0.2) is 9.97 Å². The number of nitrogens with one attached hydrogen (secondary N) is 1. The normalized spacial score (nSPS) is 21.8. The molecule has 0 spiro atoms. The van der Waals surface area contributed by atoms with Gasteiger partial charge >= 0.3 is 5.97 Å². The maximum absolute atomic E-state index is 12.1. The molecule has 128 valence electrons. The van der Waals surface area contributed by atoms with Gasteiger partial charge in [-0.15, -0.1) is 0 Å². The van der Waals surface area contributed by atoms with Gasteiger partial charge in [-0.05, 0) is 52.9 Å². The van der Waals surface area contributed by atoms with Crippen LogP contribution in [-0.4, -0.2) is 27.6 Å². The number of aromatic nitrogens is 2. The van der Waals surface area contributed by atoms with Crippen molar-refractivity contribution in [2.75, 3.05) is 5.32 Å². The molecular formula is C17H26ClN3O2. The smallest absolute Gasteiger partial charge is 0.309 e. The Kier molecular flexibility index (Phi) is 5.84. The Morgan fingerprint density at radius 2 is 1.96 bits per heavy atom. The molecule has 0 atom stereocenters. The van der Waals surface area contributed by atoms with E-state index in [4.69, 9.17) is 16.3 Å². The van der Waals surface area contributed by atoms with Crippen molar-refractivity contribution < 1.29 is 9.53 Å². The molecule has 1 aromatic rings. The highest BCUT2D eigenvalue weighted by atomic mass is 35.5. The molecule has 6 heteroatoms. The van der Waals surface area contributed by atoms with E-state index in [1.54, 1.807) is 6.33 Å². The lowest BCUT2D eigenvalue weighted by Gasteiger charge is -2.30. The van der Waals surface area contributed by atoms with Crippen LogP contribution in [0.1, 0.15) is 59.1 Å². The van der Waals surface area contributed by atoms with Gasteiger partial charge in [0.15, 0.2) is 0 Å². The lowest BCUT2D eigenvalue weighted by Crippen LogP contribution is -2.34. The molecule has 0 radical (unpaired) electrons. The van der Waals surface area contributed by atoms with Gasteiger partial charge in [0.1, 0.15) is 22.8 Å². The third kappa shape index (κ3) is 5.06. The van der Waals surface area contributed by atoms with E-state index in [1.807, 2.05) is 27.7 Å². The first-order valence-electron chi connectivity index (χ1n) is 8.29. The highest BCUT2D eigenvalue weighted by Crippen LogP contribution is 2.30. The lowest BCUT2D eigenvalue weighted by atomic mass is 9.86. The molecule has 1 N–H and O–H groups in total. The van der Waals surface area contributed by atoms with Gasteiger partial charge in [-0.3, -0.25) is 4.79 Å². The average molecular weight is 340 g/mol. The van der Waals surface area contributed by atoms with Crippen molar-refractivity contribution in [1.29, 1.82) is 0 Å². The summed E-state index contributed by atoms with van der Waals surface area (Å²) >= 11 is 6.32. The van der Waals surface area contributed by atoms with Gasteiger partial charge in [-0.2, -0.15) is 0 Å². The Morgan fingerprint density at radius 1 is 1.30 bits per heavy atom. The first-order chi connectivity index (χ1) is 10.8. The number of ether oxygens (including phenoxy) is 1. The van der Waals surface area contributed by atoms with Crippen molar-refractivity contribution >= 4 is 23.4 Å². The van der Waals surface area contributed by atoms with E-state index in [1.165, 1.54) is 0 Å². The molecule has 0 amide bonds. The summed E-state index contributed by atoms with van der Waals surface area (Å²) in [6.45, 7) is 7.73. The molecule has 0 saturated heterocycles. The zero-order chi connectivity index (χ0) is 17.0. The molecule has 1 saturated carbocycles. The van der Waals surface area contributed by atoms with E-state index in [2.05, 4.69) is 15.3 Å². The number of nitrogens with zero attached hydrogens (tertiary/aromatic N) is 2. The van der Waals surface area contributed by atoms with Crippen LogP contribution in [-0.2, 0) is 16.0 Å². The van der Waals surface area contributed by atoms with Crippen molar-refractivity contribution in [2.45, 2.75) is 71.4 Å². The number of halogens is 1.